The first-order chi connectivity index (χ1) is 32.8. The molecular formula is C51H83BrN4O14. The van der Waals surface area contributed by atoms with E-state index in [1.807, 2.05) is 57.1 Å². The summed E-state index contributed by atoms with van der Waals surface area (Å²) in [6.07, 6.45) is -8.04. The van der Waals surface area contributed by atoms with Gasteiger partial charge in [-0.3, -0.25) is 9.59 Å². The lowest BCUT2D eigenvalue weighted by Crippen LogP contribution is -2.59. The Morgan fingerprint density at radius 3 is 2.33 bits per heavy atom. The first-order valence-electron chi connectivity index (χ1n) is 25.3. The van der Waals surface area contributed by atoms with Crippen molar-refractivity contribution >= 4 is 33.5 Å². The molecule has 4 heterocycles. The second-order valence-electron chi connectivity index (χ2n) is 22.0. The molecule has 20 atom stereocenters. The molecule has 0 radical (unpaired) electrons. The van der Waals surface area contributed by atoms with Crippen LogP contribution in [0.3, 0.4) is 0 Å². The average molecular weight is 1060 g/mol. The molecule has 398 valence electrons. The number of nitrogens with zero attached hydrogens (tertiary/aromatic N) is 3. The second kappa shape index (κ2) is 23.4. The fraction of sp³-hybridized carbons (Fsp3) is 0.824. The van der Waals surface area contributed by atoms with E-state index in [-0.39, 0.29) is 61.6 Å². The van der Waals surface area contributed by atoms with E-state index in [0.717, 1.165) is 15.7 Å². The lowest BCUT2D eigenvalue weighted by atomic mass is 9.83. The Morgan fingerprint density at radius 2 is 1.67 bits per heavy atom. The highest BCUT2D eigenvalue weighted by Crippen LogP contribution is 2.42. The third-order valence-electron chi connectivity index (χ3n) is 15.9. The van der Waals surface area contributed by atoms with E-state index >= 15 is 0 Å². The highest BCUT2D eigenvalue weighted by Gasteiger charge is 2.52. The van der Waals surface area contributed by atoms with Crippen LogP contribution < -0.4 is 5.32 Å². The van der Waals surface area contributed by atoms with Crippen LogP contribution in [-0.2, 0) is 42.8 Å². The zero-order valence-corrected chi connectivity index (χ0v) is 44.9. The van der Waals surface area contributed by atoms with Gasteiger partial charge in [-0.25, -0.2) is 0 Å². The zero-order chi connectivity index (χ0) is 51.6. The Hall–Kier alpha value is -2.37. The predicted octanol–water partition coefficient (Wildman–Crippen LogP) is 3.73. The molecule has 0 bridgehead atoms. The number of halogens is 1. The molecule has 1 aliphatic carbocycles. The van der Waals surface area contributed by atoms with Gasteiger partial charge in [-0.2, -0.15) is 0 Å². The minimum Gasteiger partial charge on any atom is -0.459 e. The van der Waals surface area contributed by atoms with Gasteiger partial charge in [-0.1, -0.05) is 47.1 Å². The van der Waals surface area contributed by atoms with E-state index in [1.165, 1.54) is 14.0 Å². The van der Waals surface area contributed by atoms with E-state index in [2.05, 4.69) is 31.3 Å². The lowest BCUT2D eigenvalue weighted by Gasteiger charge is -2.47. The van der Waals surface area contributed by atoms with Crippen molar-refractivity contribution in [3.8, 4) is 0 Å². The van der Waals surface area contributed by atoms with Crippen LogP contribution in [0.1, 0.15) is 113 Å². The third-order valence-corrected chi connectivity index (χ3v) is 16.5. The summed E-state index contributed by atoms with van der Waals surface area (Å²) >= 11 is 3.46. The van der Waals surface area contributed by atoms with Gasteiger partial charge in [0.15, 0.2) is 12.6 Å². The molecule has 1 aromatic rings. The zero-order valence-electron chi connectivity index (χ0n) is 43.3. The maximum Gasteiger partial charge on any atom is 0.311 e. The molecule has 3 saturated heterocycles. The van der Waals surface area contributed by atoms with E-state index < -0.39 is 96.1 Å². The fourth-order valence-corrected chi connectivity index (χ4v) is 11.3. The molecule has 19 heteroatoms. The summed E-state index contributed by atoms with van der Waals surface area (Å²) in [5, 5.41) is 66.6. The second-order valence-corrected chi connectivity index (χ2v) is 22.9. The number of cyclic esters (lactones) is 1. The van der Waals surface area contributed by atoms with E-state index in [9.17, 15) is 35.1 Å². The summed E-state index contributed by atoms with van der Waals surface area (Å²) in [5.74, 6) is -2.10. The van der Waals surface area contributed by atoms with Crippen LogP contribution in [-0.4, -0.2) is 190 Å². The van der Waals surface area contributed by atoms with Gasteiger partial charge in [0, 0.05) is 61.9 Å². The van der Waals surface area contributed by atoms with Crippen LogP contribution in [0.15, 0.2) is 33.9 Å². The minimum atomic E-state index is -1.83. The van der Waals surface area contributed by atoms with Gasteiger partial charge >= 0.3 is 5.97 Å². The number of aliphatic hydroxyl groups is 5. The van der Waals surface area contributed by atoms with Crippen molar-refractivity contribution in [2.45, 2.75) is 204 Å². The molecule has 1 aromatic carbocycles. The summed E-state index contributed by atoms with van der Waals surface area (Å²) in [6, 6.07) is 6.86. The van der Waals surface area contributed by atoms with Crippen molar-refractivity contribution in [3.05, 3.63) is 34.3 Å². The average Bonchev–Trinajstić information content (AvgIpc) is 3.91. The van der Waals surface area contributed by atoms with Crippen LogP contribution in [0, 0.1) is 23.7 Å². The number of carbonyl (C=O) groups excluding carboxylic acids is 2. The summed E-state index contributed by atoms with van der Waals surface area (Å²) in [4.78, 5) is 37.3. The number of amides is 1. The molecule has 0 spiro atoms. The SMILES string of the molecule is CC[C@H]1OC(=O)[C@H](C)[C@@H](O[C@H]2C[C@@](C)(OC)[C@@H](O)[C@H](C)O2)C[C@@H](O[C@H]2O[C@H](C)CC(N(C)C[C@H]3C[C@@H]3C(=O)NC[C@H]3CC(c4ccc(Br)cc4)=NO3)[C@H]2O)[C@](C)(O)C[C@@H](C)CN(C)[C@H](C)[C@@H](O)[C@]1(C)O. The first kappa shape index (κ1) is 56.9. The predicted molar refractivity (Wildman–Crippen MR) is 263 cm³/mol. The number of carbonyl (C=O) groups is 2. The van der Waals surface area contributed by atoms with E-state index in [4.69, 9.17) is 33.3 Å². The number of hydrogen-bond acceptors (Lipinski definition) is 17. The van der Waals surface area contributed by atoms with E-state index in [0.29, 0.717) is 38.9 Å². The number of nitrogens with one attached hydrogen (secondary N) is 1. The molecule has 5 aliphatic rings. The molecule has 4 aliphatic heterocycles. The number of rotatable bonds is 13. The summed E-state index contributed by atoms with van der Waals surface area (Å²) in [6.45, 7) is 17.0. The van der Waals surface area contributed by atoms with E-state index in [1.54, 1.807) is 41.5 Å². The third kappa shape index (κ3) is 13.5. The van der Waals surface area contributed by atoms with Crippen LogP contribution in [0.4, 0.5) is 0 Å². The highest BCUT2D eigenvalue weighted by molar-refractivity contribution is 9.10. The van der Waals surface area contributed by atoms with Crippen molar-refractivity contribution in [2.24, 2.45) is 28.8 Å². The number of ether oxygens (including phenoxy) is 6. The molecule has 18 nitrogen and oxygen atoms in total. The molecule has 0 aromatic heterocycles. The Kier molecular flexibility index (Phi) is 19.1. The lowest BCUT2D eigenvalue weighted by molar-refractivity contribution is -0.308. The van der Waals surface area contributed by atoms with Crippen molar-refractivity contribution in [1.29, 1.82) is 0 Å². The Morgan fingerprint density at radius 1 is 0.986 bits per heavy atom. The topological polar surface area (TPSA) is 231 Å². The first-order valence-corrected chi connectivity index (χ1v) is 26.1. The Bertz CT molecular complexity index is 1930. The monoisotopic (exact) mass is 1050 g/mol. The Labute approximate surface area is 423 Å². The van der Waals surface area contributed by atoms with Gasteiger partial charge in [0.1, 0.15) is 36.1 Å². The molecule has 1 amide bonds. The van der Waals surface area contributed by atoms with Gasteiger partial charge in [0.25, 0.3) is 0 Å². The quantitative estimate of drug-likeness (QED) is 0.155. The van der Waals surface area contributed by atoms with Crippen LogP contribution >= 0.6 is 15.9 Å². The number of aliphatic hydroxyl groups excluding tert-OH is 3. The molecule has 1 saturated carbocycles. The minimum absolute atomic E-state index is 0.0412. The number of benzene rings is 1. The van der Waals surface area contributed by atoms with Gasteiger partial charge in [-0.05, 0) is 118 Å². The smallest absolute Gasteiger partial charge is 0.311 e. The summed E-state index contributed by atoms with van der Waals surface area (Å²) in [5.41, 5.74) is -2.68. The van der Waals surface area contributed by atoms with Crippen LogP contribution in [0.5, 0.6) is 0 Å². The molecular weight excluding hydrogens is 972 g/mol. The van der Waals surface area contributed by atoms with Crippen molar-refractivity contribution in [3.63, 3.8) is 0 Å². The molecule has 6 rings (SSSR count). The highest BCUT2D eigenvalue weighted by atomic mass is 79.9. The summed E-state index contributed by atoms with van der Waals surface area (Å²) < 4.78 is 38.9. The molecule has 70 heavy (non-hydrogen) atoms. The number of oxime groups is 1. The molecule has 4 fully saturated rings. The van der Waals surface area contributed by atoms with Gasteiger partial charge in [-0.15, -0.1) is 0 Å². The standard InChI is InChI=1S/C51H83BrN4O14/c1-13-40-51(9,63)44(58)30(5)55(10)25-27(2)22-49(7,62)41(21-39(29(4)47(61)68-40)67-42-23-50(8,64-12)45(59)31(6)66-42)69-48-43(57)38(18-28(3)65-48)56(11)26-33-19-36(33)46(60)53-24-35-20-37(54-70-35)32-14-16-34(52)17-15-32/h14-17,27-31,33,35-36,38-45,48,57-59,62-63H,13,18-26H2,1-12H3,(H,53,60)/t27-,28-,29-,30-,31+,33-,35-,36+,38?,39+,40-,41-,42+,43-,44-,45+,48-,49-,50-,51-/m1/s1. The molecule has 1 unspecified atom stereocenters. The van der Waals surface area contributed by atoms with Crippen molar-refractivity contribution in [2.75, 3.05) is 40.8 Å². The van der Waals surface area contributed by atoms with Gasteiger partial charge in [0.05, 0.1) is 53.8 Å². The number of hydrogen-bond donors (Lipinski definition) is 6. The van der Waals surface area contributed by atoms with Crippen molar-refractivity contribution in [1.82, 2.24) is 15.1 Å². The van der Waals surface area contributed by atoms with Crippen LogP contribution in [0.2, 0.25) is 0 Å². The number of methoxy groups -OCH3 is 1. The number of esters is 1. The van der Waals surface area contributed by atoms with Crippen molar-refractivity contribution < 1.29 is 68.4 Å². The maximum absolute atomic E-state index is 14.3. The number of likely N-dealkylation sites (N-methyl/N-ethyl adjacent to an activating group) is 2. The fourth-order valence-electron chi connectivity index (χ4n) is 11.0. The largest absolute Gasteiger partial charge is 0.459 e. The van der Waals surface area contributed by atoms with Crippen LogP contribution in [0.25, 0.3) is 0 Å². The normalized spacial score (nSPS) is 43.6. The summed E-state index contributed by atoms with van der Waals surface area (Å²) in [7, 11) is 5.26. The molecule has 6 N–H and O–H groups in total. The Balaban J connectivity index is 1.19. The van der Waals surface area contributed by atoms with Gasteiger partial charge in [0.2, 0.25) is 5.91 Å². The maximum atomic E-state index is 14.3. The van der Waals surface area contributed by atoms with Gasteiger partial charge < -0.3 is 73.9 Å².